The molecule has 0 unspecified atom stereocenters. The van der Waals surface area contributed by atoms with Gasteiger partial charge in [-0.05, 0) is 31.3 Å². The molecule has 0 spiro atoms. The molecule has 0 bridgehead atoms. The summed E-state index contributed by atoms with van der Waals surface area (Å²) in [6.07, 6.45) is 2.87. The molecule has 1 aromatic heterocycles. The van der Waals surface area contributed by atoms with Gasteiger partial charge in [0, 0.05) is 43.5 Å². The van der Waals surface area contributed by atoms with Gasteiger partial charge in [0.15, 0.2) is 5.75 Å². The van der Waals surface area contributed by atoms with Crippen molar-refractivity contribution in [2.24, 2.45) is 5.92 Å². The Morgan fingerprint density at radius 3 is 2.76 bits per heavy atom. The fourth-order valence-electron chi connectivity index (χ4n) is 3.37. The van der Waals surface area contributed by atoms with Crippen molar-refractivity contribution < 1.29 is 19.4 Å². The lowest BCUT2D eigenvalue weighted by Crippen LogP contribution is -2.46. The number of carbonyl (C=O) groups excluding carboxylic acids is 2. The van der Waals surface area contributed by atoms with Gasteiger partial charge in [-0.25, -0.2) is 0 Å². The minimum absolute atomic E-state index is 0.0232. The lowest BCUT2D eigenvalue weighted by molar-refractivity contribution is 0.0542. The van der Waals surface area contributed by atoms with Gasteiger partial charge in [-0.15, -0.1) is 0 Å². The number of amides is 2. The van der Waals surface area contributed by atoms with Gasteiger partial charge in [0.05, 0.1) is 17.9 Å². The van der Waals surface area contributed by atoms with E-state index in [9.17, 15) is 14.7 Å². The molecule has 2 atom stereocenters. The molecule has 3 N–H and O–H groups in total. The van der Waals surface area contributed by atoms with Gasteiger partial charge in [-0.3, -0.25) is 14.6 Å². The molecule has 3 rings (SSSR count). The molecule has 154 valence electrons. The van der Waals surface area contributed by atoms with Crippen LogP contribution in [0.3, 0.4) is 0 Å². The Morgan fingerprint density at radius 2 is 2.07 bits per heavy atom. The van der Waals surface area contributed by atoms with Crippen LogP contribution in [0.1, 0.15) is 27.6 Å². The summed E-state index contributed by atoms with van der Waals surface area (Å²) in [4.78, 5) is 31.3. The van der Waals surface area contributed by atoms with E-state index in [-0.39, 0.29) is 37.0 Å². The van der Waals surface area contributed by atoms with Crippen molar-refractivity contribution in [3.8, 4) is 5.75 Å². The zero-order chi connectivity index (χ0) is 20.8. The molecular weight excluding hydrogens is 372 g/mol. The summed E-state index contributed by atoms with van der Waals surface area (Å²) in [5.74, 6) is -0.183. The maximum absolute atomic E-state index is 13.1. The van der Waals surface area contributed by atoms with E-state index >= 15 is 0 Å². The van der Waals surface area contributed by atoms with Crippen LogP contribution in [-0.2, 0) is 0 Å². The van der Waals surface area contributed by atoms with Crippen LogP contribution in [0.2, 0.25) is 0 Å². The second-order valence-corrected chi connectivity index (χ2v) is 7.04. The number of likely N-dealkylation sites (N-methyl/N-ethyl adjacent to an activating group) is 1. The first kappa shape index (κ1) is 20.8. The van der Waals surface area contributed by atoms with Crippen molar-refractivity contribution >= 4 is 17.5 Å². The quantitative estimate of drug-likeness (QED) is 0.679. The molecule has 2 amide bonds. The number of anilines is 1. The highest BCUT2D eigenvalue weighted by atomic mass is 16.5. The first-order valence-corrected chi connectivity index (χ1v) is 9.61. The van der Waals surface area contributed by atoms with Crippen LogP contribution < -0.4 is 15.4 Å². The summed E-state index contributed by atoms with van der Waals surface area (Å²) in [6.45, 7) is 3.17. The van der Waals surface area contributed by atoms with Gasteiger partial charge in [-0.2, -0.15) is 0 Å². The van der Waals surface area contributed by atoms with E-state index in [0.29, 0.717) is 35.7 Å². The predicted octanol–water partition coefficient (Wildman–Crippen LogP) is 1.38. The Kier molecular flexibility index (Phi) is 6.79. The van der Waals surface area contributed by atoms with Gasteiger partial charge < -0.3 is 25.4 Å². The van der Waals surface area contributed by atoms with Gasteiger partial charge in [-0.1, -0.05) is 13.0 Å². The smallest absolute Gasteiger partial charge is 0.257 e. The molecule has 0 saturated carbocycles. The minimum atomic E-state index is -0.315. The number of aromatic nitrogens is 1. The zero-order valence-electron chi connectivity index (χ0n) is 16.6. The number of benzene rings is 1. The molecule has 1 aromatic carbocycles. The molecule has 2 aromatic rings. The third-order valence-electron chi connectivity index (χ3n) is 4.91. The summed E-state index contributed by atoms with van der Waals surface area (Å²) in [5, 5.41) is 15.4. The van der Waals surface area contributed by atoms with Crippen molar-refractivity contribution in [1.29, 1.82) is 0 Å². The first-order valence-electron chi connectivity index (χ1n) is 9.61. The van der Waals surface area contributed by atoms with E-state index < -0.39 is 0 Å². The van der Waals surface area contributed by atoms with Crippen molar-refractivity contribution in [2.45, 2.75) is 13.0 Å². The van der Waals surface area contributed by atoms with E-state index in [0.717, 1.165) is 0 Å². The Bertz CT molecular complexity index is 859. The fourth-order valence-corrected chi connectivity index (χ4v) is 3.37. The Labute approximate surface area is 169 Å². The van der Waals surface area contributed by atoms with Crippen LogP contribution in [0, 0.1) is 5.92 Å². The molecule has 1 aliphatic rings. The number of rotatable bonds is 6. The number of hydrogen-bond acceptors (Lipinski definition) is 6. The molecule has 0 saturated heterocycles. The van der Waals surface area contributed by atoms with Gasteiger partial charge in [0.25, 0.3) is 11.8 Å². The van der Waals surface area contributed by atoms with Crippen LogP contribution >= 0.6 is 0 Å². The lowest BCUT2D eigenvalue weighted by Gasteiger charge is -2.35. The first-order chi connectivity index (χ1) is 14.0. The van der Waals surface area contributed by atoms with Crippen molar-refractivity contribution in [2.75, 3.05) is 38.6 Å². The largest absolute Gasteiger partial charge is 0.486 e. The molecular formula is C21H26N4O4. The highest BCUT2D eigenvalue weighted by Gasteiger charge is 2.31. The van der Waals surface area contributed by atoms with E-state index in [1.54, 1.807) is 47.6 Å². The number of nitrogens with zero attached hydrogens (tertiary/aromatic N) is 2. The van der Waals surface area contributed by atoms with Crippen LogP contribution in [0.25, 0.3) is 0 Å². The second-order valence-electron chi connectivity index (χ2n) is 7.04. The highest BCUT2D eigenvalue weighted by molar-refractivity contribution is 6.07. The maximum atomic E-state index is 13.1. The average Bonchev–Trinajstić information content (AvgIpc) is 2.73. The van der Waals surface area contributed by atoms with Crippen molar-refractivity contribution in [1.82, 2.24) is 15.2 Å². The topological polar surface area (TPSA) is 104 Å². The molecule has 1 aliphatic heterocycles. The second kappa shape index (κ2) is 9.49. The third-order valence-corrected chi connectivity index (χ3v) is 4.91. The molecule has 0 aliphatic carbocycles. The molecule has 8 heteroatoms. The average molecular weight is 398 g/mol. The van der Waals surface area contributed by atoms with Crippen LogP contribution in [-0.4, -0.2) is 66.2 Å². The minimum Gasteiger partial charge on any atom is -0.486 e. The SMILES string of the molecule is CNC[C@@H]1Oc2c(NC(=O)c3ccncc3)cccc2C(=O)N(CCO)C[C@H]1C. The summed E-state index contributed by atoms with van der Waals surface area (Å²) in [6, 6.07) is 8.32. The van der Waals surface area contributed by atoms with Crippen LogP contribution in [0.4, 0.5) is 5.69 Å². The Morgan fingerprint density at radius 1 is 1.31 bits per heavy atom. The standard InChI is InChI=1S/C21H26N4O4/c1-14-13-25(10-11-26)21(28)16-4-3-5-17(19(16)29-18(14)12-22-2)24-20(27)15-6-8-23-9-7-15/h3-9,14,18,22,26H,10-13H2,1-2H3,(H,24,27)/t14-,18+/m1/s1. The number of β-amino-alcohol motifs (C(OH)–C–C–N with tert-alkyl or cyclic N) is 1. The highest BCUT2D eigenvalue weighted by Crippen LogP contribution is 2.34. The molecule has 29 heavy (non-hydrogen) atoms. The van der Waals surface area contributed by atoms with Crippen LogP contribution in [0.15, 0.2) is 42.7 Å². The van der Waals surface area contributed by atoms with Crippen molar-refractivity contribution in [3.05, 3.63) is 53.9 Å². The number of carbonyl (C=O) groups is 2. The number of aliphatic hydroxyl groups excluding tert-OH is 1. The molecule has 0 fully saturated rings. The summed E-state index contributed by atoms with van der Waals surface area (Å²) in [7, 11) is 1.84. The number of hydrogen-bond donors (Lipinski definition) is 3. The number of ether oxygens (including phenoxy) is 1. The normalized spacial score (nSPS) is 19.0. The Balaban J connectivity index is 2.00. The van der Waals surface area contributed by atoms with Crippen LogP contribution in [0.5, 0.6) is 5.75 Å². The zero-order valence-corrected chi connectivity index (χ0v) is 16.6. The number of nitrogens with one attached hydrogen (secondary N) is 2. The number of pyridine rings is 1. The van der Waals surface area contributed by atoms with E-state index in [1.165, 1.54) is 0 Å². The van der Waals surface area contributed by atoms with E-state index in [1.807, 2.05) is 14.0 Å². The predicted molar refractivity (Wildman–Crippen MR) is 109 cm³/mol. The van der Waals surface area contributed by atoms with Gasteiger partial charge in [0.2, 0.25) is 0 Å². The third kappa shape index (κ3) is 4.72. The summed E-state index contributed by atoms with van der Waals surface area (Å²) >= 11 is 0. The number of aliphatic hydroxyl groups is 1. The Hall–Kier alpha value is -2.97. The summed E-state index contributed by atoms with van der Waals surface area (Å²) < 4.78 is 6.25. The van der Waals surface area contributed by atoms with Crippen molar-refractivity contribution in [3.63, 3.8) is 0 Å². The fraction of sp³-hybridized carbons (Fsp3) is 0.381. The van der Waals surface area contributed by atoms with E-state index in [2.05, 4.69) is 15.6 Å². The number of para-hydroxylation sites is 1. The molecule has 0 radical (unpaired) electrons. The van der Waals surface area contributed by atoms with E-state index in [4.69, 9.17) is 4.74 Å². The molecule has 8 nitrogen and oxygen atoms in total. The molecule has 2 heterocycles. The van der Waals surface area contributed by atoms with Gasteiger partial charge in [0.1, 0.15) is 6.10 Å². The van der Waals surface area contributed by atoms with Gasteiger partial charge >= 0.3 is 0 Å². The monoisotopic (exact) mass is 398 g/mol. The summed E-state index contributed by atoms with van der Waals surface area (Å²) in [5.41, 5.74) is 1.24. The number of fused-ring (bicyclic) bond motifs is 1. The lowest BCUT2D eigenvalue weighted by atomic mass is 10.0. The maximum Gasteiger partial charge on any atom is 0.257 e.